The fourth-order valence-corrected chi connectivity index (χ4v) is 2.40. The molecule has 2 N–H and O–H groups in total. The first kappa shape index (κ1) is 17.9. The molecule has 1 heterocycles. The van der Waals surface area contributed by atoms with Crippen LogP contribution in [0.5, 0.6) is 0 Å². The molecule has 0 saturated heterocycles. The van der Waals surface area contributed by atoms with Crippen molar-refractivity contribution in [3.63, 3.8) is 0 Å². The summed E-state index contributed by atoms with van der Waals surface area (Å²) in [6, 6.07) is 4.58. The zero-order valence-corrected chi connectivity index (χ0v) is 13.9. The maximum atomic E-state index is 14.1. The molecule has 0 aliphatic carbocycles. The second-order valence-electron chi connectivity index (χ2n) is 5.65. The van der Waals surface area contributed by atoms with Crippen LogP contribution in [-0.4, -0.2) is 31.3 Å². The molecule has 1 atom stereocenters. The van der Waals surface area contributed by atoms with Crippen molar-refractivity contribution in [1.82, 2.24) is 10.6 Å². The molecule has 24 heavy (non-hydrogen) atoms. The van der Waals surface area contributed by atoms with E-state index in [1.807, 2.05) is 13.8 Å². The lowest BCUT2D eigenvalue weighted by Crippen LogP contribution is -2.45. The Labute approximate surface area is 140 Å². The summed E-state index contributed by atoms with van der Waals surface area (Å²) in [5.74, 6) is -1.13. The highest BCUT2D eigenvalue weighted by molar-refractivity contribution is 5.95. The van der Waals surface area contributed by atoms with Gasteiger partial charge in [-0.05, 0) is 26.8 Å². The van der Waals surface area contributed by atoms with E-state index in [9.17, 15) is 14.0 Å². The Balaban J connectivity index is 2.19. The molecular weight excluding hydrogens is 315 g/mol. The van der Waals surface area contributed by atoms with Gasteiger partial charge in [0, 0.05) is 11.3 Å². The Morgan fingerprint density at radius 2 is 2.00 bits per heavy atom. The van der Waals surface area contributed by atoms with Crippen LogP contribution >= 0.6 is 0 Å². The Morgan fingerprint density at radius 1 is 1.29 bits per heavy atom. The minimum atomic E-state index is -0.904. The van der Waals surface area contributed by atoms with Crippen molar-refractivity contribution in [2.75, 3.05) is 13.2 Å². The summed E-state index contributed by atoms with van der Waals surface area (Å²) in [6.45, 7) is 5.67. The highest BCUT2D eigenvalue weighted by atomic mass is 19.1. The van der Waals surface area contributed by atoms with Gasteiger partial charge in [-0.1, -0.05) is 18.2 Å². The number of esters is 1. The number of allylic oxidation sites excluding steroid dienone is 1. The van der Waals surface area contributed by atoms with Crippen LogP contribution in [0.25, 0.3) is 0 Å². The van der Waals surface area contributed by atoms with E-state index in [1.165, 1.54) is 12.1 Å². The summed E-state index contributed by atoms with van der Waals surface area (Å²) in [5.41, 5.74) is 0.711. The lowest BCUT2D eigenvalue weighted by molar-refractivity contribution is -0.141. The van der Waals surface area contributed by atoms with Crippen molar-refractivity contribution < 1.29 is 23.5 Å². The molecule has 0 spiro atoms. The van der Waals surface area contributed by atoms with Crippen molar-refractivity contribution in [3.8, 4) is 0 Å². The third-order valence-corrected chi connectivity index (χ3v) is 3.47. The van der Waals surface area contributed by atoms with Gasteiger partial charge in [0.05, 0.1) is 24.3 Å². The average Bonchev–Trinajstić information content (AvgIpc) is 2.51. The van der Waals surface area contributed by atoms with Gasteiger partial charge in [-0.25, -0.2) is 14.0 Å². The van der Waals surface area contributed by atoms with Gasteiger partial charge in [-0.3, -0.25) is 0 Å². The van der Waals surface area contributed by atoms with Gasteiger partial charge in [0.15, 0.2) is 0 Å². The van der Waals surface area contributed by atoms with Crippen LogP contribution in [0.4, 0.5) is 9.18 Å². The second kappa shape index (κ2) is 7.92. The lowest BCUT2D eigenvalue weighted by Gasteiger charge is -2.28. The summed E-state index contributed by atoms with van der Waals surface area (Å²) >= 11 is 0. The van der Waals surface area contributed by atoms with Crippen molar-refractivity contribution >= 4 is 12.0 Å². The fraction of sp³-hybridized carbons (Fsp3) is 0.412. The van der Waals surface area contributed by atoms with Crippen molar-refractivity contribution in [3.05, 3.63) is 46.9 Å². The van der Waals surface area contributed by atoms with E-state index < -0.39 is 23.9 Å². The number of hydrogen-bond donors (Lipinski definition) is 2. The Kier molecular flexibility index (Phi) is 5.92. The number of nitrogens with one attached hydrogen (secondary N) is 2. The standard InChI is InChI=1S/C17H21FN2O4/c1-10(2)23-8-9-24-16(21)14-11(3)19-17(22)20-15(14)12-6-4-5-7-13(12)18/h4-7,10,15H,8-9H2,1-3H3,(H2,19,20,22). The second-order valence-corrected chi connectivity index (χ2v) is 5.65. The van der Waals surface area contributed by atoms with E-state index in [0.717, 1.165) is 0 Å². The molecule has 0 bridgehead atoms. The van der Waals surface area contributed by atoms with E-state index in [0.29, 0.717) is 5.70 Å². The molecule has 0 saturated carbocycles. The van der Waals surface area contributed by atoms with E-state index >= 15 is 0 Å². The topological polar surface area (TPSA) is 76.7 Å². The molecule has 0 fully saturated rings. The third-order valence-electron chi connectivity index (χ3n) is 3.47. The fourth-order valence-electron chi connectivity index (χ4n) is 2.40. The summed E-state index contributed by atoms with van der Waals surface area (Å²) < 4.78 is 24.6. The molecule has 1 aromatic carbocycles. The van der Waals surface area contributed by atoms with Crippen LogP contribution in [0.3, 0.4) is 0 Å². The van der Waals surface area contributed by atoms with Crippen molar-refractivity contribution in [1.29, 1.82) is 0 Å². The van der Waals surface area contributed by atoms with Crippen molar-refractivity contribution in [2.45, 2.75) is 32.9 Å². The monoisotopic (exact) mass is 336 g/mol. The zero-order chi connectivity index (χ0) is 17.7. The smallest absolute Gasteiger partial charge is 0.338 e. The van der Waals surface area contributed by atoms with Crippen LogP contribution in [0, 0.1) is 5.82 Å². The molecule has 1 aromatic rings. The first-order chi connectivity index (χ1) is 11.4. The molecule has 2 rings (SSSR count). The van der Waals surface area contributed by atoms with Gasteiger partial charge in [0.2, 0.25) is 0 Å². The van der Waals surface area contributed by atoms with Crippen LogP contribution in [0.2, 0.25) is 0 Å². The number of ether oxygens (including phenoxy) is 2. The number of carbonyl (C=O) groups excluding carboxylic acids is 2. The molecule has 6 nitrogen and oxygen atoms in total. The van der Waals surface area contributed by atoms with Crippen LogP contribution < -0.4 is 10.6 Å². The first-order valence-corrected chi connectivity index (χ1v) is 7.71. The van der Waals surface area contributed by atoms with Crippen LogP contribution in [-0.2, 0) is 14.3 Å². The number of hydrogen-bond acceptors (Lipinski definition) is 4. The van der Waals surface area contributed by atoms with Crippen LogP contribution in [0.1, 0.15) is 32.4 Å². The third kappa shape index (κ3) is 4.32. The predicted octanol–water partition coefficient (Wildman–Crippen LogP) is 2.42. The quantitative estimate of drug-likeness (QED) is 0.618. The zero-order valence-electron chi connectivity index (χ0n) is 13.9. The SMILES string of the molecule is CC1=C(C(=O)OCCOC(C)C)C(c2ccccc2F)NC(=O)N1. The highest BCUT2D eigenvalue weighted by Gasteiger charge is 2.33. The molecular formula is C17H21FN2O4. The Hall–Kier alpha value is -2.41. The van der Waals surface area contributed by atoms with Gasteiger partial charge in [-0.15, -0.1) is 0 Å². The van der Waals surface area contributed by atoms with E-state index in [-0.39, 0.29) is 30.5 Å². The summed E-state index contributed by atoms with van der Waals surface area (Å²) in [6.07, 6.45) is 0.0338. The van der Waals surface area contributed by atoms with Gasteiger partial charge in [-0.2, -0.15) is 0 Å². The minimum Gasteiger partial charge on any atom is -0.460 e. The number of rotatable bonds is 6. The van der Waals surface area contributed by atoms with Crippen LogP contribution in [0.15, 0.2) is 35.5 Å². The maximum absolute atomic E-state index is 14.1. The average molecular weight is 336 g/mol. The Bertz CT molecular complexity index is 658. The lowest BCUT2D eigenvalue weighted by atomic mass is 9.95. The number of halogens is 1. The molecule has 1 aliphatic rings. The molecule has 1 unspecified atom stereocenters. The normalized spacial score (nSPS) is 17.5. The minimum absolute atomic E-state index is 0.0338. The molecule has 7 heteroatoms. The summed E-state index contributed by atoms with van der Waals surface area (Å²) in [5, 5.41) is 5.08. The van der Waals surface area contributed by atoms with Gasteiger partial charge in [0.25, 0.3) is 0 Å². The number of benzene rings is 1. The highest BCUT2D eigenvalue weighted by Crippen LogP contribution is 2.29. The van der Waals surface area contributed by atoms with Gasteiger partial charge < -0.3 is 20.1 Å². The van der Waals surface area contributed by atoms with E-state index in [1.54, 1.807) is 19.1 Å². The van der Waals surface area contributed by atoms with Gasteiger partial charge >= 0.3 is 12.0 Å². The number of carbonyl (C=O) groups is 2. The predicted molar refractivity (Wildman–Crippen MR) is 85.6 cm³/mol. The molecule has 0 aromatic heterocycles. The molecule has 1 aliphatic heterocycles. The summed E-state index contributed by atoms with van der Waals surface area (Å²) in [7, 11) is 0. The summed E-state index contributed by atoms with van der Waals surface area (Å²) in [4.78, 5) is 24.1. The first-order valence-electron chi connectivity index (χ1n) is 7.71. The molecule has 130 valence electrons. The molecule has 2 amide bonds. The van der Waals surface area contributed by atoms with E-state index in [2.05, 4.69) is 10.6 Å². The Morgan fingerprint density at radius 3 is 2.67 bits per heavy atom. The largest absolute Gasteiger partial charge is 0.460 e. The number of urea groups is 1. The molecule has 0 radical (unpaired) electrons. The van der Waals surface area contributed by atoms with E-state index in [4.69, 9.17) is 9.47 Å². The maximum Gasteiger partial charge on any atom is 0.338 e. The number of amides is 2. The van der Waals surface area contributed by atoms with Gasteiger partial charge in [0.1, 0.15) is 12.4 Å². The van der Waals surface area contributed by atoms with Crippen molar-refractivity contribution in [2.24, 2.45) is 0 Å².